The number of carbonyl (C=O) groups excluding carboxylic acids is 1. The number of hydrogen-bond acceptors (Lipinski definition) is 2. The molecule has 0 aromatic heterocycles. The average Bonchev–Trinajstić information content (AvgIpc) is 2.31. The van der Waals surface area contributed by atoms with E-state index in [1.807, 2.05) is 6.92 Å². The van der Waals surface area contributed by atoms with Crippen molar-refractivity contribution in [2.45, 2.75) is 84.0 Å². The van der Waals surface area contributed by atoms with Crippen LogP contribution in [-0.2, 0) is 9.59 Å². The number of hydrogen-bond donors (Lipinski definition) is 1. The standard InChI is InChI=1S/C15H28O3/c1-2-11-14(16)12-9-7-5-3-4-6-8-10-13-15(17)18/h2-13H2,1H3,(H,17,18). The Morgan fingerprint density at radius 3 is 1.61 bits per heavy atom. The van der Waals surface area contributed by atoms with Crippen molar-refractivity contribution >= 4 is 11.8 Å². The maximum atomic E-state index is 11.3. The van der Waals surface area contributed by atoms with Gasteiger partial charge in [0.1, 0.15) is 5.78 Å². The van der Waals surface area contributed by atoms with Gasteiger partial charge in [-0.15, -0.1) is 0 Å². The van der Waals surface area contributed by atoms with Crippen LogP contribution >= 0.6 is 0 Å². The second-order valence-electron chi connectivity index (χ2n) is 5.01. The molecule has 0 radical (unpaired) electrons. The summed E-state index contributed by atoms with van der Waals surface area (Å²) in [4.78, 5) is 21.5. The highest BCUT2D eigenvalue weighted by molar-refractivity contribution is 5.78. The van der Waals surface area contributed by atoms with Gasteiger partial charge in [-0.2, -0.15) is 0 Å². The van der Waals surface area contributed by atoms with Crippen LogP contribution in [0.4, 0.5) is 0 Å². The average molecular weight is 256 g/mol. The molecule has 18 heavy (non-hydrogen) atoms. The first-order chi connectivity index (χ1) is 8.66. The maximum absolute atomic E-state index is 11.3. The van der Waals surface area contributed by atoms with Crippen molar-refractivity contribution < 1.29 is 14.7 Å². The number of rotatable bonds is 13. The summed E-state index contributed by atoms with van der Waals surface area (Å²) < 4.78 is 0. The predicted molar refractivity (Wildman–Crippen MR) is 73.7 cm³/mol. The fourth-order valence-corrected chi connectivity index (χ4v) is 2.06. The fourth-order valence-electron chi connectivity index (χ4n) is 2.06. The van der Waals surface area contributed by atoms with Gasteiger partial charge in [-0.1, -0.05) is 45.4 Å². The molecule has 0 saturated carbocycles. The SMILES string of the molecule is CCCC(=O)CCCCCCCCCCC(=O)O. The lowest BCUT2D eigenvalue weighted by Crippen LogP contribution is -1.96. The first kappa shape index (κ1) is 17.1. The number of carboxylic acids is 1. The van der Waals surface area contributed by atoms with Crippen LogP contribution in [0.2, 0.25) is 0 Å². The first-order valence-electron chi connectivity index (χ1n) is 7.40. The third-order valence-electron chi connectivity index (χ3n) is 3.13. The summed E-state index contributed by atoms with van der Waals surface area (Å²) in [5.41, 5.74) is 0. The van der Waals surface area contributed by atoms with Crippen molar-refractivity contribution in [3.05, 3.63) is 0 Å². The first-order valence-corrected chi connectivity index (χ1v) is 7.40. The molecule has 0 saturated heterocycles. The van der Waals surface area contributed by atoms with Crippen LogP contribution in [0.15, 0.2) is 0 Å². The minimum atomic E-state index is -0.688. The molecule has 0 heterocycles. The van der Waals surface area contributed by atoms with E-state index in [1.54, 1.807) is 0 Å². The van der Waals surface area contributed by atoms with E-state index < -0.39 is 5.97 Å². The van der Waals surface area contributed by atoms with Gasteiger partial charge in [0.2, 0.25) is 0 Å². The summed E-state index contributed by atoms with van der Waals surface area (Å²) in [7, 11) is 0. The zero-order valence-electron chi connectivity index (χ0n) is 11.7. The highest BCUT2D eigenvalue weighted by atomic mass is 16.4. The molecule has 0 atom stereocenters. The highest BCUT2D eigenvalue weighted by Gasteiger charge is 2.00. The molecule has 0 aromatic carbocycles. The van der Waals surface area contributed by atoms with Crippen molar-refractivity contribution in [3.63, 3.8) is 0 Å². The van der Waals surface area contributed by atoms with Crippen LogP contribution in [0, 0.1) is 0 Å². The molecular weight excluding hydrogens is 228 g/mol. The summed E-state index contributed by atoms with van der Waals surface area (Å²) in [5, 5.41) is 8.47. The molecule has 0 amide bonds. The van der Waals surface area contributed by atoms with Gasteiger partial charge in [0.15, 0.2) is 0 Å². The summed E-state index contributed by atoms with van der Waals surface area (Å²) in [6.07, 6.45) is 11.6. The number of Topliss-reactive ketones (excluding diaryl/α,β-unsaturated/α-hetero) is 1. The Morgan fingerprint density at radius 2 is 1.17 bits per heavy atom. The van der Waals surface area contributed by atoms with Crippen molar-refractivity contribution in [2.75, 3.05) is 0 Å². The van der Waals surface area contributed by atoms with Gasteiger partial charge in [-0.05, 0) is 19.3 Å². The van der Waals surface area contributed by atoms with Gasteiger partial charge in [0, 0.05) is 19.3 Å². The van der Waals surface area contributed by atoms with Crippen LogP contribution in [0.25, 0.3) is 0 Å². The Labute approximate surface area is 111 Å². The van der Waals surface area contributed by atoms with Crippen LogP contribution in [0.5, 0.6) is 0 Å². The van der Waals surface area contributed by atoms with Gasteiger partial charge >= 0.3 is 5.97 Å². The number of aliphatic carboxylic acids is 1. The minimum absolute atomic E-state index is 0.305. The Kier molecular flexibility index (Phi) is 12.0. The van der Waals surface area contributed by atoms with Crippen LogP contribution in [0.1, 0.15) is 84.0 Å². The van der Waals surface area contributed by atoms with E-state index in [0.29, 0.717) is 12.2 Å². The van der Waals surface area contributed by atoms with E-state index in [-0.39, 0.29) is 0 Å². The zero-order chi connectivity index (χ0) is 13.6. The molecule has 0 bridgehead atoms. The lowest BCUT2D eigenvalue weighted by atomic mass is 10.0. The lowest BCUT2D eigenvalue weighted by Gasteiger charge is -2.01. The number of carbonyl (C=O) groups is 2. The van der Waals surface area contributed by atoms with Crippen LogP contribution in [0.3, 0.4) is 0 Å². The predicted octanol–water partition coefficient (Wildman–Crippen LogP) is 4.34. The topological polar surface area (TPSA) is 54.4 Å². The molecule has 1 N–H and O–H groups in total. The van der Waals surface area contributed by atoms with Gasteiger partial charge in [-0.3, -0.25) is 9.59 Å². The third-order valence-corrected chi connectivity index (χ3v) is 3.13. The molecule has 0 spiro atoms. The largest absolute Gasteiger partial charge is 0.481 e. The zero-order valence-corrected chi connectivity index (χ0v) is 11.7. The maximum Gasteiger partial charge on any atom is 0.303 e. The molecule has 0 aliphatic heterocycles. The lowest BCUT2D eigenvalue weighted by molar-refractivity contribution is -0.137. The second kappa shape index (κ2) is 12.6. The molecule has 0 rings (SSSR count). The number of carboxylic acid groups (broad SMARTS) is 1. The van der Waals surface area contributed by atoms with E-state index in [1.165, 1.54) is 19.3 Å². The minimum Gasteiger partial charge on any atom is -0.481 e. The highest BCUT2D eigenvalue weighted by Crippen LogP contribution is 2.11. The van der Waals surface area contributed by atoms with Crippen molar-refractivity contribution in [1.29, 1.82) is 0 Å². The molecule has 106 valence electrons. The number of ketones is 1. The molecule has 0 aliphatic carbocycles. The van der Waals surface area contributed by atoms with E-state index in [0.717, 1.165) is 51.4 Å². The van der Waals surface area contributed by atoms with Gasteiger partial charge < -0.3 is 5.11 Å². The normalized spacial score (nSPS) is 10.5. The third kappa shape index (κ3) is 13.2. The molecule has 0 aliphatic rings. The summed E-state index contributed by atoms with van der Waals surface area (Å²) in [6, 6.07) is 0. The van der Waals surface area contributed by atoms with Crippen LogP contribution < -0.4 is 0 Å². The van der Waals surface area contributed by atoms with Gasteiger partial charge in [0.05, 0.1) is 0 Å². The second-order valence-corrected chi connectivity index (χ2v) is 5.01. The fraction of sp³-hybridized carbons (Fsp3) is 0.867. The van der Waals surface area contributed by atoms with Crippen LogP contribution in [-0.4, -0.2) is 16.9 Å². The Morgan fingerprint density at radius 1 is 0.722 bits per heavy atom. The molecular formula is C15H28O3. The summed E-state index contributed by atoms with van der Waals surface area (Å²) >= 11 is 0. The van der Waals surface area contributed by atoms with Gasteiger partial charge in [-0.25, -0.2) is 0 Å². The monoisotopic (exact) mass is 256 g/mol. The molecule has 0 unspecified atom stereocenters. The van der Waals surface area contributed by atoms with Crippen molar-refractivity contribution in [1.82, 2.24) is 0 Å². The van der Waals surface area contributed by atoms with Crippen molar-refractivity contribution in [2.24, 2.45) is 0 Å². The molecule has 3 nitrogen and oxygen atoms in total. The van der Waals surface area contributed by atoms with E-state index in [4.69, 9.17) is 5.11 Å². The molecule has 3 heteroatoms. The molecule has 0 aromatic rings. The number of unbranched alkanes of at least 4 members (excludes halogenated alkanes) is 7. The Balaban J connectivity index is 3.07. The van der Waals surface area contributed by atoms with E-state index >= 15 is 0 Å². The molecule has 0 fully saturated rings. The van der Waals surface area contributed by atoms with Gasteiger partial charge in [0.25, 0.3) is 0 Å². The van der Waals surface area contributed by atoms with E-state index in [2.05, 4.69) is 0 Å². The smallest absolute Gasteiger partial charge is 0.303 e. The summed E-state index contributed by atoms with van der Waals surface area (Å²) in [5.74, 6) is -0.280. The quantitative estimate of drug-likeness (QED) is 0.499. The Bertz CT molecular complexity index is 224. The Hall–Kier alpha value is -0.860. The summed E-state index contributed by atoms with van der Waals surface area (Å²) in [6.45, 7) is 2.04. The van der Waals surface area contributed by atoms with E-state index in [9.17, 15) is 9.59 Å². The van der Waals surface area contributed by atoms with Crippen molar-refractivity contribution in [3.8, 4) is 0 Å².